The van der Waals surface area contributed by atoms with Crippen molar-refractivity contribution < 1.29 is 0 Å². The Morgan fingerprint density at radius 3 is 1.56 bits per heavy atom. The predicted octanol–water partition coefficient (Wildman–Crippen LogP) is 0.354. The summed E-state index contributed by atoms with van der Waals surface area (Å²) in [5, 5.41) is 7.30. The fourth-order valence-corrected chi connectivity index (χ4v) is 2.85. The highest BCUT2D eigenvalue weighted by atomic mass is 15.2. The normalized spacial score (nSPS) is 40.3. The van der Waals surface area contributed by atoms with Gasteiger partial charge in [0, 0.05) is 51.4 Å². The van der Waals surface area contributed by atoms with E-state index in [9.17, 15) is 0 Å². The lowest BCUT2D eigenvalue weighted by molar-refractivity contribution is 0.170. The van der Waals surface area contributed by atoms with Crippen molar-refractivity contribution in [2.24, 2.45) is 0 Å². The lowest BCUT2D eigenvalue weighted by atomic mass is 10.1. The van der Waals surface area contributed by atoms with E-state index in [1.54, 1.807) is 0 Å². The van der Waals surface area contributed by atoms with Gasteiger partial charge in [0.15, 0.2) is 0 Å². The van der Waals surface area contributed by atoms with Crippen molar-refractivity contribution in [1.29, 1.82) is 0 Å². The molecule has 2 aliphatic rings. The number of rotatable bonds is 0. The van der Waals surface area contributed by atoms with E-state index in [0.29, 0.717) is 12.1 Å². The molecule has 0 aromatic heterocycles. The van der Waals surface area contributed by atoms with Crippen LogP contribution < -0.4 is 10.6 Å². The van der Waals surface area contributed by atoms with Crippen LogP contribution in [0, 0.1) is 0 Å². The van der Waals surface area contributed by atoms with Gasteiger partial charge < -0.3 is 20.4 Å². The molecule has 2 aliphatic heterocycles. The summed E-state index contributed by atoms with van der Waals surface area (Å²) in [5.74, 6) is 0. The average Bonchev–Trinajstić information content (AvgIpc) is 2.37. The zero-order valence-electron chi connectivity index (χ0n) is 12.1. The molecule has 0 saturated carbocycles. The van der Waals surface area contributed by atoms with E-state index in [-0.39, 0.29) is 0 Å². The first-order chi connectivity index (χ1) is 8.74. The molecule has 0 aromatic rings. The highest BCUT2D eigenvalue weighted by Crippen LogP contribution is 2.04. The third kappa shape index (κ3) is 4.84. The fourth-order valence-electron chi connectivity index (χ4n) is 2.85. The number of nitrogens with zero attached hydrogens (tertiary/aromatic N) is 2. The van der Waals surface area contributed by atoms with E-state index in [1.165, 1.54) is 52.1 Å². The second kappa shape index (κ2) is 7.43. The first kappa shape index (κ1) is 14.3. The summed E-state index contributed by atoms with van der Waals surface area (Å²) in [5.41, 5.74) is 0. The van der Waals surface area contributed by atoms with Gasteiger partial charge in [0.25, 0.3) is 0 Å². The largest absolute Gasteiger partial charge is 0.313 e. The standard InChI is InChI=1S/C14H30N4/c1-13-3-7-17-10-6-16-14(2)4-8-18(12-11-17)9-5-15-13/h13-16H,3-12H2,1-2H3. The Hall–Kier alpha value is -0.160. The predicted molar refractivity (Wildman–Crippen MR) is 77.0 cm³/mol. The van der Waals surface area contributed by atoms with Crippen molar-refractivity contribution >= 4 is 0 Å². The van der Waals surface area contributed by atoms with Gasteiger partial charge in [0.2, 0.25) is 0 Å². The third-order valence-corrected chi connectivity index (χ3v) is 4.33. The van der Waals surface area contributed by atoms with Crippen LogP contribution in [0.2, 0.25) is 0 Å². The van der Waals surface area contributed by atoms with Crippen molar-refractivity contribution in [3.8, 4) is 0 Å². The maximum absolute atomic E-state index is 3.65. The Bertz CT molecular complexity index is 210. The van der Waals surface area contributed by atoms with Crippen LogP contribution >= 0.6 is 0 Å². The molecule has 2 N–H and O–H groups in total. The van der Waals surface area contributed by atoms with Crippen molar-refractivity contribution in [2.45, 2.75) is 38.8 Å². The van der Waals surface area contributed by atoms with Crippen LogP contribution in [-0.4, -0.2) is 74.2 Å². The molecule has 18 heavy (non-hydrogen) atoms. The molecule has 2 rings (SSSR count). The second-order valence-electron chi connectivity index (χ2n) is 5.97. The average molecular weight is 254 g/mol. The van der Waals surface area contributed by atoms with Crippen LogP contribution in [0.5, 0.6) is 0 Å². The van der Waals surface area contributed by atoms with Crippen molar-refractivity contribution in [3.63, 3.8) is 0 Å². The van der Waals surface area contributed by atoms with Crippen molar-refractivity contribution in [2.75, 3.05) is 52.4 Å². The van der Waals surface area contributed by atoms with Gasteiger partial charge in [-0.25, -0.2) is 0 Å². The Labute approximate surface area is 112 Å². The van der Waals surface area contributed by atoms with Gasteiger partial charge in [-0.2, -0.15) is 0 Å². The minimum absolute atomic E-state index is 0.655. The molecule has 4 atom stereocenters. The van der Waals surface area contributed by atoms with Crippen LogP contribution in [0.3, 0.4) is 0 Å². The minimum atomic E-state index is 0.655. The van der Waals surface area contributed by atoms with E-state index < -0.39 is 0 Å². The smallest absolute Gasteiger partial charge is 0.0110 e. The van der Waals surface area contributed by atoms with Gasteiger partial charge in [-0.05, 0) is 39.8 Å². The monoisotopic (exact) mass is 254 g/mol. The number of hydrogen-bond donors (Lipinski definition) is 2. The Kier molecular flexibility index (Phi) is 5.89. The van der Waals surface area contributed by atoms with E-state index in [4.69, 9.17) is 0 Å². The molecule has 0 radical (unpaired) electrons. The molecule has 4 nitrogen and oxygen atoms in total. The van der Waals surface area contributed by atoms with E-state index in [1.807, 2.05) is 0 Å². The van der Waals surface area contributed by atoms with Crippen LogP contribution in [0.4, 0.5) is 0 Å². The molecule has 106 valence electrons. The second-order valence-corrected chi connectivity index (χ2v) is 5.97. The molecule has 2 heterocycles. The summed E-state index contributed by atoms with van der Waals surface area (Å²) < 4.78 is 0. The summed E-state index contributed by atoms with van der Waals surface area (Å²) in [6.45, 7) is 14.3. The van der Waals surface area contributed by atoms with Gasteiger partial charge in [-0.15, -0.1) is 0 Å². The van der Waals surface area contributed by atoms with Crippen LogP contribution in [0.1, 0.15) is 26.7 Å². The highest BCUT2D eigenvalue weighted by Gasteiger charge is 2.16. The molecule has 2 fully saturated rings. The van der Waals surface area contributed by atoms with E-state index in [2.05, 4.69) is 34.3 Å². The summed E-state index contributed by atoms with van der Waals surface area (Å²) in [6.07, 6.45) is 2.55. The van der Waals surface area contributed by atoms with E-state index >= 15 is 0 Å². The lowest BCUT2D eigenvalue weighted by Gasteiger charge is -2.33. The highest BCUT2D eigenvalue weighted by molar-refractivity contribution is 4.75. The first-order valence-electron chi connectivity index (χ1n) is 7.65. The van der Waals surface area contributed by atoms with E-state index in [0.717, 1.165) is 13.1 Å². The Morgan fingerprint density at radius 1 is 0.667 bits per heavy atom. The lowest BCUT2D eigenvalue weighted by Crippen LogP contribution is -2.48. The quantitative estimate of drug-likeness (QED) is 0.653. The maximum atomic E-state index is 3.65. The summed E-state index contributed by atoms with van der Waals surface area (Å²) >= 11 is 0. The molecular weight excluding hydrogens is 224 g/mol. The summed E-state index contributed by atoms with van der Waals surface area (Å²) in [6, 6.07) is 1.31. The molecule has 0 spiro atoms. The fraction of sp³-hybridized carbons (Fsp3) is 1.00. The van der Waals surface area contributed by atoms with Gasteiger partial charge in [0.1, 0.15) is 0 Å². The zero-order chi connectivity index (χ0) is 12.8. The Balaban J connectivity index is 1.95. The van der Waals surface area contributed by atoms with Crippen LogP contribution in [0.15, 0.2) is 0 Å². The van der Waals surface area contributed by atoms with Crippen molar-refractivity contribution in [1.82, 2.24) is 20.4 Å². The molecular formula is C14H30N4. The number of hydrogen-bond acceptors (Lipinski definition) is 4. The SMILES string of the molecule is CC1CCN2CCNC(C)CCN(CCN1)CC2. The van der Waals surface area contributed by atoms with Gasteiger partial charge >= 0.3 is 0 Å². The summed E-state index contributed by atoms with van der Waals surface area (Å²) in [4.78, 5) is 5.25. The molecule has 0 aromatic carbocycles. The van der Waals surface area contributed by atoms with Crippen molar-refractivity contribution in [3.05, 3.63) is 0 Å². The number of fused-ring (bicyclic) bond motifs is 3. The van der Waals surface area contributed by atoms with Crippen LogP contribution in [0.25, 0.3) is 0 Å². The third-order valence-electron chi connectivity index (χ3n) is 4.33. The first-order valence-corrected chi connectivity index (χ1v) is 7.65. The maximum Gasteiger partial charge on any atom is 0.0110 e. The molecule has 2 saturated heterocycles. The van der Waals surface area contributed by atoms with Crippen LogP contribution in [-0.2, 0) is 0 Å². The molecule has 0 aliphatic carbocycles. The Morgan fingerprint density at radius 2 is 1.11 bits per heavy atom. The molecule has 4 heteroatoms. The zero-order valence-corrected chi connectivity index (χ0v) is 12.1. The molecule has 0 amide bonds. The minimum Gasteiger partial charge on any atom is -0.313 e. The summed E-state index contributed by atoms with van der Waals surface area (Å²) in [7, 11) is 0. The molecule has 4 unspecified atom stereocenters. The molecule has 2 bridgehead atoms. The topological polar surface area (TPSA) is 30.5 Å². The number of nitrogens with one attached hydrogen (secondary N) is 2. The van der Waals surface area contributed by atoms with Gasteiger partial charge in [-0.3, -0.25) is 0 Å². The van der Waals surface area contributed by atoms with Gasteiger partial charge in [-0.1, -0.05) is 0 Å². The van der Waals surface area contributed by atoms with Gasteiger partial charge in [0.05, 0.1) is 0 Å².